The van der Waals surface area contributed by atoms with Crippen LogP contribution in [0.3, 0.4) is 0 Å². The molecule has 0 bridgehead atoms. The van der Waals surface area contributed by atoms with Crippen molar-refractivity contribution in [3.05, 3.63) is 22.3 Å². The lowest BCUT2D eigenvalue weighted by Crippen LogP contribution is -2.03. The third-order valence-electron chi connectivity index (χ3n) is 2.84. The number of aromatic hydroxyl groups is 2. The van der Waals surface area contributed by atoms with E-state index in [2.05, 4.69) is 0 Å². The molecule has 0 aliphatic carbocycles. The molecule has 0 saturated carbocycles. The number of aliphatic hydroxyl groups excluding tert-OH is 2. The van der Waals surface area contributed by atoms with Gasteiger partial charge in [0, 0.05) is 16.7 Å². The maximum absolute atomic E-state index is 9.99. The van der Waals surface area contributed by atoms with E-state index in [1.54, 1.807) is 6.92 Å². The van der Waals surface area contributed by atoms with Gasteiger partial charge in [0.1, 0.15) is 11.5 Å². The summed E-state index contributed by atoms with van der Waals surface area (Å²) in [7, 11) is 0. The van der Waals surface area contributed by atoms with Gasteiger partial charge in [-0.05, 0) is 18.4 Å². The van der Waals surface area contributed by atoms with Crippen LogP contribution in [-0.4, -0.2) is 20.4 Å². The van der Waals surface area contributed by atoms with Crippen LogP contribution in [0.2, 0.25) is 0 Å². The maximum Gasteiger partial charge on any atom is 0.125 e. The first-order valence-corrected chi connectivity index (χ1v) is 5.23. The molecule has 0 unspecified atom stereocenters. The van der Waals surface area contributed by atoms with E-state index in [1.165, 1.54) is 0 Å². The van der Waals surface area contributed by atoms with Gasteiger partial charge in [-0.2, -0.15) is 0 Å². The molecule has 1 aromatic carbocycles. The van der Waals surface area contributed by atoms with E-state index in [0.29, 0.717) is 11.1 Å². The van der Waals surface area contributed by atoms with Gasteiger partial charge in [0.2, 0.25) is 0 Å². The van der Waals surface area contributed by atoms with E-state index in [0.717, 1.165) is 0 Å². The number of rotatable bonds is 3. The van der Waals surface area contributed by atoms with Crippen LogP contribution >= 0.6 is 0 Å². The van der Waals surface area contributed by atoms with Crippen molar-refractivity contribution < 1.29 is 20.4 Å². The summed E-state index contributed by atoms with van der Waals surface area (Å²) in [4.78, 5) is 0. The smallest absolute Gasteiger partial charge is 0.125 e. The van der Waals surface area contributed by atoms with Gasteiger partial charge in [0.25, 0.3) is 0 Å². The van der Waals surface area contributed by atoms with E-state index in [1.807, 2.05) is 13.8 Å². The Balaban J connectivity index is 3.62. The summed E-state index contributed by atoms with van der Waals surface area (Å²) >= 11 is 0. The Labute approximate surface area is 94.8 Å². The number of hydrogen-bond donors (Lipinski definition) is 4. The molecule has 4 nitrogen and oxygen atoms in total. The minimum absolute atomic E-state index is 0.0307. The second kappa shape index (κ2) is 4.72. The quantitative estimate of drug-likeness (QED) is 0.589. The highest BCUT2D eigenvalue weighted by atomic mass is 16.3. The lowest BCUT2D eigenvalue weighted by Gasteiger charge is -2.19. The van der Waals surface area contributed by atoms with Crippen LogP contribution < -0.4 is 0 Å². The van der Waals surface area contributed by atoms with Crippen molar-refractivity contribution in [2.24, 2.45) is 0 Å². The van der Waals surface area contributed by atoms with Gasteiger partial charge >= 0.3 is 0 Å². The van der Waals surface area contributed by atoms with Gasteiger partial charge in [-0.1, -0.05) is 13.8 Å². The lowest BCUT2D eigenvalue weighted by atomic mass is 9.90. The standard InChI is InChI=1S/C12H18O4/c1-6(2)10-7(3)11(15)8(4-13)9(5-14)12(10)16/h6,13-16H,4-5H2,1-3H3. The fourth-order valence-corrected chi connectivity index (χ4v) is 2.03. The number of phenols is 2. The van der Waals surface area contributed by atoms with Crippen molar-refractivity contribution >= 4 is 0 Å². The molecule has 0 heterocycles. The van der Waals surface area contributed by atoms with E-state index in [9.17, 15) is 10.2 Å². The summed E-state index contributed by atoms with van der Waals surface area (Å²) in [5.41, 5.74) is 1.56. The van der Waals surface area contributed by atoms with Crippen LogP contribution in [0.15, 0.2) is 0 Å². The molecule has 0 aliphatic heterocycles. The topological polar surface area (TPSA) is 80.9 Å². The Bertz CT molecular complexity index is 397. The Morgan fingerprint density at radius 2 is 1.38 bits per heavy atom. The van der Waals surface area contributed by atoms with Gasteiger partial charge in [-0.25, -0.2) is 0 Å². The molecule has 0 atom stereocenters. The Morgan fingerprint density at radius 1 is 0.938 bits per heavy atom. The third-order valence-corrected chi connectivity index (χ3v) is 2.84. The van der Waals surface area contributed by atoms with Crippen molar-refractivity contribution in [2.75, 3.05) is 0 Å². The monoisotopic (exact) mass is 226 g/mol. The van der Waals surface area contributed by atoms with Crippen LogP contribution in [0.4, 0.5) is 0 Å². The highest BCUT2D eigenvalue weighted by Gasteiger charge is 2.21. The molecular weight excluding hydrogens is 208 g/mol. The van der Waals surface area contributed by atoms with Crippen molar-refractivity contribution in [1.82, 2.24) is 0 Å². The molecule has 4 heteroatoms. The highest BCUT2D eigenvalue weighted by molar-refractivity contribution is 5.58. The summed E-state index contributed by atoms with van der Waals surface area (Å²) in [5, 5.41) is 38.2. The summed E-state index contributed by atoms with van der Waals surface area (Å²) < 4.78 is 0. The molecule has 4 N–H and O–H groups in total. The largest absolute Gasteiger partial charge is 0.507 e. The average molecular weight is 226 g/mol. The molecule has 90 valence electrons. The molecule has 1 rings (SSSR count). The van der Waals surface area contributed by atoms with E-state index in [4.69, 9.17) is 10.2 Å². The molecule has 0 saturated heterocycles. The zero-order chi connectivity index (χ0) is 12.5. The first-order chi connectivity index (χ1) is 7.45. The van der Waals surface area contributed by atoms with Crippen molar-refractivity contribution in [3.8, 4) is 11.5 Å². The molecule has 0 amide bonds. The Kier molecular flexibility index (Phi) is 3.78. The zero-order valence-corrected chi connectivity index (χ0v) is 9.78. The molecule has 0 aliphatic rings. The van der Waals surface area contributed by atoms with Gasteiger partial charge in [0.05, 0.1) is 13.2 Å². The fourth-order valence-electron chi connectivity index (χ4n) is 2.03. The zero-order valence-electron chi connectivity index (χ0n) is 9.78. The Hall–Kier alpha value is -1.26. The van der Waals surface area contributed by atoms with E-state index < -0.39 is 13.2 Å². The second-order valence-electron chi connectivity index (χ2n) is 4.16. The van der Waals surface area contributed by atoms with Crippen LogP contribution in [0, 0.1) is 6.92 Å². The van der Waals surface area contributed by atoms with Crippen molar-refractivity contribution in [3.63, 3.8) is 0 Å². The molecular formula is C12H18O4. The molecule has 16 heavy (non-hydrogen) atoms. The van der Waals surface area contributed by atoms with E-state index >= 15 is 0 Å². The average Bonchev–Trinajstić information content (AvgIpc) is 2.22. The molecule has 1 aromatic rings. The highest BCUT2D eigenvalue weighted by Crippen LogP contribution is 2.40. The minimum Gasteiger partial charge on any atom is -0.507 e. The minimum atomic E-state index is -0.408. The van der Waals surface area contributed by atoms with Crippen LogP contribution in [0.25, 0.3) is 0 Å². The summed E-state index contributed by atoms with van der Waals surface area (Å²) in [6, 6.07) is 0. The predicted octanol–water partition coefficient (Wildman–Crippen LogP) is 1.51. The second-order valence-corrected chi connectivity index (χ2v) is 4.16. The van der Waals surface area contributed by atoms with Gasteiger partial charge < -0.3 is 20.4 Å². The molecule has 0 fully saturated rings. The molecule has 0 aromatic heterocycles. The van der Waals surface area contributed by atoms with Crippen molar-refractivity contribution in [1.29, 1.82) is 0 Å². The lowest BCUT2D eigenvalue weighted by molar-refractivity contribution is 0.249. The normalized spacial score (nSPS) is 11.1. The predicted molar refractivity (Wildman–Crippen MR) is 60.4 cm³/mol. The number of aliphatic hydroxyl groups is 2. The fraction of sp³-hybridized carbons (Fsp3) is 0.500. The van der Waals surface area contributed by atoms with Crippen LogP contribution in [0.5, 0.6) is 11.5 Å². The van der Waals surface area contributed by atoms with E-state index in [-0.39, 0.29) is 28.5 Å². The number of hydrogen-bond acceptors (Lipinski definition) is 4. The Morgan fingerprint density at radius 3 is 1.75 bits per heavy atom. The summed E-state index contributed by atoms with van der Waals surface area (Å²) in [5.74, 6) is -0.0474. The van der Waals surface area contributed by atoms with Crippen LogP contribution in [-0.2, 0) is 13.2 Å². The van der Waals surface area contributed by atoms with Gasteiger partial charge in [-0.3, -0.25) is 0 Å². The van der Waals surface area contributed by atoms with Gasteiger partial charge in [0.15, 0.2) is 0 Å². The SMILES string of the molecule is Cc1c(O)c(CO)c(CO)c(O)c1C(C)C. The molecule has 0 radical (unpaired) electrons. The molecule has 0 spiro atoms. The summed E-state index contributed by atoms with van der Waals surface area (Å²) in [6.07, 6.45) is 0. The van der Waals surface area contributed by atoms with Crippen LogP contribution in [0.1, 0.15) is 42.0 Å². The van der Waals surface area contributed by atoms with Crippen molar-refractivity contribution in [2.45, 2.75) is 39.9 Å². The first-order valence-electron chi connectivity index (χ1n) is 5.23. The first kappa shape index (κ1) is 12.8. The number of benzene rings is 1. The third kappa shape index (κ3) is 1.86. The summed E-state index contributed by atoms with van der Waals surface area (Å²) in [6.45, 7) is 4.65. The maximum atomic E-state index is 9.99. The van der Waals surface area contributed by atoms with Gasteiger partial charge in [-0.15, -0.1) is 0 Å².